The SMILES string of the molecule is COC(=O)CCc1ccc(C2CCC(C)C2)cc1C(F)(F)F. The second-order valence-electron chi connectivity index (χ2n) is 6.11. The number of esters is 1. The zero-order valence-electron chi connectivity index (χ0n) is 12.9. The van der Waals surface area contributed by atoms with Crippen LogP contribution in [0, 0.1) is 5.92 Å². The van der Waals surface area contributed by atoms with E-state index in [4.69, 9.17) is 0 Å². The Balaban J connectivity index is 2.25. The van der Waals surface area contributed by atoms with Crippen LogP contribution < -0.4 is 0 Å². The Morgan fingerprint density at radius 2 is 2.05 bits per heavy atom. The van der Waals surface area contributed by atoms with E-state index in [9.17, 15) is 18.0 Å². The van der Waals surface area contributed by atoms with Crippen molar-refractivity contribution in [2.24, 2.45) is 5.92 Å². The van der Waals surface area contributed by atoms with Gasteiger partial charge in [-0.3, -0.25) is 4.79 Å². The molecule has 0 saturated heterocycles. The number of benzene rings is 1. The molecule has 0 aromatic heterocycles. The zero-order chi connectivity index (χ0) is 16.3. The Hall–Kier alpha value is -1.52. The molecule has 2 rings (SSSR count). The van der Waals surface area contributed by atoms with Crippen LogP contribution in [0.5, 0.6) is 0 Å². The zero-order valence-corrected chi connectivity index (χ0v) is 12.9. The van der Waals surface area contributed by atoms with Crippen LogP contribution in [-0.4, -0.2) is 13.1 Å². The van der Waals surface area contributed by atoms with Crippen LogP contribution in [0.15, 0.2) is 18.2 Å². The first-order valence-corrected chi connectivity index (χ1v) is 7.58. The third-order valence-electron chi connectivity index (χ3n) is 4.43. The van der Waals surface area contributed by atoms with Gasteiger partial charge in [0.2, 0.25) is 0 Å². The number of rotatable bonds is 4. The molecule has 0 heterocycles. The van der Waals surface area contributed by atoms with E-state index in [2.05, 4.69) is 11.7 Å². The van der Waals surface area contributed by atoms with Crippen molar-refractivity contribution >= 4 is 5.97 Å². The van der Waals surface area contributed by atoms with E-state index in [0.29, 0.717) is 5.92 Å². The van der Waals surface area contributed by atoms with Crippen molar-refractivity contribution < 1.29 is 22.7 Å². The summed E-state index contributed by atoms with van der Waals surface area (Å²) in [5.74, 6) is 0.283. The summed E-state index contributed by atoms with van der Waals surface area (Å²) in [6.45, 7) is 2.13. The lowest BCUT2D eigenvalue weighted by Gasteiger charge is -2.17. The van der Waals surface area contributed by atoms with Crippen molar-refractivity contribution in [3.63, 3.8) is 0 Å². The average molecular weight is 314 g/mol. The van der Waals surface area contributed by atoms with Gasteiger partial charge < -0.3 is 4.74 Å². The molecule has 1 fully saturated rings. The summed E-state index contributed by atoms with van der Waals surface area (Å²) in [6, 6.07) is 4.57. The molecule has 0 amide bonds. The maximum atomic E-state index is 13.3. The molecule has 0 aliphatic heterocycles. The molecule has 1 aliphatic rings. The minimum Gasteiger partial charge on any atom is -0.469 e. The lowest BCUT2D eigenvalue weighted by atomic mass is 9.91. The molecule has 2 unspecified atom stereocenters. The molecule has 0 radical (unpaired) electrons. The molecule has 5 heteroatoms. The lowest BCUT2D eigenvalue weighted by Crippen LogP contribution is -2.12. The number of methoxy groups -OCH3 is 1. The quantitative estimate of drug-likeness (QED) is 0.752. The molecule has 2 atom stereocenters. The smallest absolute Gasteiger partial charge is 0.416 e. The van der Waals surface area contributed by atoms with Gasteiger partial charge in [-0.05, 0) is 48.3 Å². The highest BCUT2D eigenvalue weighted by molar-refractivity contribution is 5.69. The van der Waals surface area contributed by atoms with Gasteiger partial charge in [0, 0.05) is 6.42 Å². The molecule has 22 heavy (non-hydrogen) atoms. The second kappa shape index (κ2) is 6.71. The summed E-state index contributed by atoms with van der Waals surface area (Å²) < 4.78 is 44.3. The first-order chi connectivity index (χ1) is 10.3. The van der Waals surface area contributed by atoms with E-state index < -0.39 is 17.7 Å². The highest BCUT2D eigenvalue weighted by Crippen LogP contribution is 2.41. The van der Waals surface area contributed by atoms with Crippen LogP contribution in [0.1, 0.15) is 55.2 Å². The first kappa shape index (κ1) is 16.8. The van der Waals surface area contributed by atoms with Crippen molar-refractivity contribution in [1.82, 2.24) is 0 Å². The number of aryl methyl sites for hydroxylation is 1. The van der Waals surface area contributed by atoms with Crippen molar-refractivity contribution in [2.45, 2.75) is 51.1 Å². The van der Waals surface area contributed by atoms with Gasteiger partial charge in [-0.15, -0.1) is 0 Å². The van der Waals surface area contributed by atoms with Crippen LogP contribution in [0.3, 0.4) is 0 Å². The van der Waals surface area contributed by atoms with Crippen molar-refractivity contribution in [1.29, 1.82) is 0 Å². The van der Waals surface area contributed by atoms with Crippen molar-refractivity contribution in [3.05, 3.63) is 34.9 Å². The molecular formula is C17H21F3O2. The Kier molecular flexibility index (Phi) is 5.14. The number of carbonyl (C=O) groups is 1. The molecule has 1 saturated carbocycles. The molecule has 1 aromatic rings. The van der Waals surface area contributed by atoms with E-state index in [-0.39, 0.29) is 24.3 Å². The summed E-state index contributed by atoms with van der Waals surface area (Å²) >= 11 is 0. The fourth-order valence-electron chi connectivity index (χ4n) is 3.18. The second-order valence-corrected chi connectivity index (χ2v) is 6.11. The van der Waals surface area contributed by atoms with Gasteiger partial charge in [-0.25, -0.2) is 0 Å². The molecule has 0 spiro atoms. The molecule has 0 bridgehead atoms. The van der Waals surface area contributed by atoms with Gasteiger partial charge in [-0.1, -0.05) is 25.5 Å². The van der Waals surface area contributed by atoms with E-state index in [1.54, 1.807) is 6.07 Å². The number of hydrogen-bond donors (Lipinski definition) is 0. The Labute approximate surface area is 128 Å². The van der Waals surface area contributed by atoms with Gasteiger partial charge in [0.15, 0.2) is 0 Å². The van der Waals surface area contributed by atoms with E-state index in [0.717, 1.165) is 24.8 Å². The van der Waals surface area contributed by atoms with Crippen LogP contribution in [0.4, 0.5) is 13.2 Å². The average Bonchev–Trinajstić information content (AvgIpc) is 2.90. The number of carbonyl (C=O) groups excluding carboxylic acids is 1. The summed E-state index contributed by atoms with van der Waals surface area (Å²) in [5, 5.41) is 0. The topological polar surface area (TPSA) is 26.3 Å². The van der Waals surface area contributed by atoms with Gasteiger partial charge >= 0.3 is 12.1 Å². The number of alkyl halides is 3. The van der Waals surface area contributed by atoms with Gasteiger partial charge in [0.25, 0.3) is 0 Å². The third-order valence-corrected chi connectivity index (χ3v) is 4.43. The third kappa shape index (κ3) is 4.02. The van der Waals surface area contributed by atoms with Crippen molar-refractivity contribution in [3.8, 4) is 0 Å². The summed E-state index contributed by atoms with van der Waals surface area (Å²) in [5.41, 5.74) is 0.305. The standard InChI is InChI=1S/C17H21F3O2/c1-11-3-4-13(9-11)14-6-5-12(7-8-16(21)22-2)15(10-14)17(18,19)20/h5-6,10-11,13H,3-4,7-9H2,1-2H3. The number of halogens is 3. The minimum atomic E-state index is -4.40. The predicted octanol–water partition coefficient (Wildman–Crippen LogP) is 4.71. The molecule has 122 valence electrons. The Morgan fingerprint density at radius 1 is 1.32 bits per heavy atom. The maximum Gasteiger partial charge on any atom is 0.416 e. The van der Waals surface area contributed by atoms with E-state index in [1.807, 2.05) is 0 Å². The van der Waals surface area contributed by atoms with Crippen LogP contribution >= 0.6 is 0 Å². The lowest BCUT2D eigenvalue weighted by molar-refractivity contribution is -0.142. The Morgan fingerprint density at radius 3 is 2.59 bits per heavy atom. The van der Waals surface area contributed by atoms with Gasteiger partial charge in [-0.2, -0.15) is 13.2 Å². The predicted molar refractivity (Wildman–Crippen MR) is 77.5 cm³/mol. The monoisotopic (exact) mass is 314 g/mol. The van der Waals surface area contributed by atoms with Crippen LogP contribution in [0.2, 0.25) is 0 Å². The highest BCUT2D eigenvalue weighted by Gasteiger charge is 2.34. The fraction of sp³-hybridized carbons (Fsp3) is 0.588. The first-order valence-electron chi connectivity index (χ1n) is 7.58. The highest BCUT2D eigenvalue weighted by atomic mass is 19.4. The normalized spacial score (nSPS) is 21.9. The van der Waals surface area contributed by atoms with E-state index >= 15 is 0 Å². The van der Waals surface area contributed by atoms with E-state index in [1.165, 1.54) is 19.2 Å². The van der Waals surface area contributed by atoms with Crippen LogP contribution in [0.25, 0.3) is 0 Å². The van der Waals surface area contributed by atoms with Gasteiger partial charge in [0.05, 0.1) is 12.7 Å². The maximum absolute atomic E-state index is 13.3. The molecular weight excluding hydrogens is 293 g/mol. The summed E-state index contributed by atoms with van der Waals surface area (Å²) in [4.78, 5) is 11.2. The van der Waals surface area contributed by atoms with Crippen LogP contribution in [-0.2, 0) is 22.1 Å². The number of ether oxygens (including phenoxy) is 1. The summed E-state index contributed by atoms with van der Waals surface area (Å²) in [7, 11) is 1.23. The molecule has 2 nitrogen and oxygen atoms in total. The van der Waals surface area contributed by atoms with Crippen molar-refractivity contribution in [2.75, 3.05) is 7.11 Å². The molecule has 1 aliphatic carbocycles. The summed E-state index contributed by atoms with van der Waals surface area (Å²) in [6.07, 6.45) is -1.44. The van der Waals surface area contributed by atoms with Gasteiger partial charge in [0.1, 0.15) is 0 Å². The number of hydrogen-bond acceptors (Lipinski definition) is 2. The Bertz CT molecular complexity index is 537. The fourth-order valence-corrected chi connectivity index (χ4v) is 3.18. The molecule has 1 aromatic carbocycles. The largest absolute Gasteiger partial charge is 0.469 e. The minimum absolute atomic E-state index is 0.0423. The molecule has 0 N–H and O–H groups in total.